The molecule has 96 valence electrons. The molecule has 0 aliphatic heterocycles. The zero-order valence-corrected chi connectivity index (χ0v) is 10.9. The molecule has 0 atom stereocenters. The molecule has 0 bridgehead atoms. The average Bonchev–Trinajstić information content (AvgIpc) is 2.83. The second-order valence-electron chi connectivity index (χ2n) is 4.68. The first-order valence-electron chi connectivity index (χ1n) is 6.35. The SMILES string of the molecule is Cc1ccc(Cc2nc3cccc(CN)n3n2)cc1. The van der Waals surface area contributed by atoms with Crippen LogP contribution in [0.25, 0.3) is 5.65 Å². The van der Waals surface area contributed by atoms with E-state index in [1.807, 2.05) is 22.7 Å². The largest absolute Gasteiger partial charge is 0.325 e. The minimum Gasteiger partial charge on any atom is -0.325 e. The highest BCUT2D eigenvalue weighted by molar-refractivity contribution is 5.39. The lowest BCUT2D eigenvalue weighted by Crippen LogP contribution is -2.04. The van der Waals surface area contributed by atoms with Crippen molar-refractivity contribution in [3.63, 3.8) is 0 Å². The molecular weight excluding hydrogens is 236 g/mol. The van der Waals surface area contributed by atoms with Crippen LogP contribution in [0.1, 0.15) is 22.6 Å². The Morgan fingerprint density at radius 2 is 1.89 bits per heavy atom. The van der Waals surface area contributed by atoms with E-state index in [9.17, 15) is 0 Å². The lowest BCUT2D eigenvalue weighted by atomic mass is 10.1. The summed E-state index contributed by atoms with van der Waals surface area (Å²) in [6.45, 7) is 2.55. The fourth-order valence-electron chi connectivity index (χ4n) is 2.12. The highest BCUT2D eigenvalue weighted by Gasteiger charge is 2.06. The van der Waals surface area contributed by atoms with Crippen molar-refractivity contribution in [3.8, 4) is 0 Å². The van der Waals surface area contributed by atoms with Gasteiger partial charge in [-0.15, -0.1) is 0 Å². The average molecular weight is 252 g/mol. The Bertz CT molecular complexity index is 698. The Kier molecular flexibility index (Phi) is 3.01. The van der Waals surface area contributed by atoms with Crippen molar-refractivity contribution in [2.45, 2.75) is 19.9 Å². The van der Waals surface area contributed by atoms with Gasteiger partial charge in [0.15, 0.2) is 11.5 Å². The molecule has 0 aliphatic carbocycles. The molecule has 2 heterocycles. The van der Waals surface area contributed by atoms with Crippen LogP contribution in [0.4, 0.5) is 0 Å². The lowest BCUT2D eigenvalue weighted by Gasteiger charge is -1.99. The molecule has 1 aromatic carbocycles. The number of pyridine rings is 1. The molecule has 2 aromatic heterocycles. The number of rotatable bonds is 3. The molecule has 3 aromatic rings. The van der Waals surface area contributed by atoms with Crippen LogP contribution in [0.5, 0.6) is 0 Å². The maximum absolute atomic E-state index is 5.71. The Morgan fingerprint density at radius 3 is 2.63 bits per heavy atom. The van der Waals surface area contributed by atoms with Crippen LogP contribution < -0.4 is 5.73 Å². The molecule has 4 heteroatoms. The third kappa shape index (κ3) is 2.35. The van der Waals surface area contributed by atoms with Crippen LogP contribution in [0.15, 0.2) is 42.5 Å². The first kappa shape index (κ1) is 11.9. The third-order valence-electron chi connectivity index (χ3n) is 3.17. The normalized spacial score (nSPS) is 11.1. The van der Waals surface area contributed by atoms with E-state index in [1.165, 1.54) is 11.1 Å². The van der Waals surface area contributed by atoms with Crippen molar-refractivity contribution >= 4 is 5.65 Å². The van der Waals surface area contributed by atoms with Crippen LogP contribution in [0.3, 0.4) is 0 Å². The van der Waals surface area contributed by atoms with E-state index in [0.717, 1.165) is 23.6 Å². The van der Waals surface area contributed by atoms with E-state index in [2.05, 4.69) is 41.3 Å². The van der Waals surface area contributed by atoms with Crippen molar-refractivity contribution < 1.29 is 0 Å². The standard InChI is InChI=1S/C15H16N4/c1-11-5-7-12(8-6-11)9-14-17-15-4-2-3-13(10-16)19(15)18-14/h2-8H,9-10,16H2,1H3. The molecule has 4 nitrogen and oxygen atoms in total. The number of benzene rings is 1. The number of aryl methyl sites for hydroxylation is 1. The predicted octanol–water partition coefficient (Wildman–Crippen LogP) is 2.09. The molecule has 0 fully saturated rings. The van der Waals surface area contributed by atoms with Gasteiger partial charge in [0.1, 0.15) is 0 Å². The summed E-state index contributed by atoms with van der Waals surface area (Å²) in [6, 6.07) is 14.3. The highest BCUT2D eigenvalue weighted by Crippen LogP contribution is 2.10. The first-order chi connectivity index (χ1) is 9.26. The summed E-state index contributed by atoms with van der Waals surface area (Å²) in [6.07, 6.45) is 0.742. The van der Waals surface area contributed by atoms with Crippen molar-refractivity contribution in [1.29, 1.82) is 0 Å². The maximum atomic E-state index is 5.71. The molecular formula is C15H16N4. The van der Waals surface area contributed by atoms with Crippen LogP contribution in [0, 0.1) is 6.92 Å². The van der Waals surface area contributed by atoms with Gasteiger partial charge in [0.25, 0.3) is 0 Å². The Balaban J connectivity index is 1.95. The van der Waals surface area contributed by atoms with E-state index in [0.29, 0.717) is 6.54 Å². The summed E-state index contributed by atoms with van der Waals surface area (Å²) in [5.74, 6) is 0.824. The van der Waals surface area contributed by atoms with Crippen molar-refractivity contribution in [3.05, 3.63) is 65.1 Å². The molecule has 0 radical (unpaired) electrons. The zero-order valence-electron chi connectivity index (χ0n) is 10.9. The second kappa shape index (κ2) is 4.82. The van der Waals surface area contributed by atoms with Gasteiger partial charge in [0.2, 0.25) is 0 Å². The maximum Gasteiger partial charge on any atom is 0.156 e. The monoisotopic (exact) mass is 252 g/mol. The van der Waals surface area contributed by atoms with Gasteiger partial charge in [-0.3, -0.25) is 0 Å². The fourth-order valence-corrected chi connectivity index (χ4v) is 2.12. The predicted molar refractivity (Wildman–Crippen MR) is 74.9 cm³/mol. The van der Waals surface area contributed by atoms with Crippen molar-refractivity contribution in [2.75, 3.05) is 0 Å². The highest BCUT2D eigenvalue weighted by atomic mass is 15.3. The zero-order chi connectivity index (χ0) is 13.2. The van der Waals surface area contributed by atoms with Crippen LogP contribution in [-0.4, -0.2) is 14.6 Å². The van der Waals surface area contributed by atoms with Gasteiger partial charge in [0.05, 0.1) is 5.69 Å². The van der Waals surface area contributed by atoms with Crippen LogP contribution >= 0.6 is 0 Å². The van der Waals surface area contributed by atoms with E-state index < -0.39 is 0 Å². The molecule has 0 aliphatic rings. The summed E-state index contributed by atoms with van der Waals surface area (Å²) in [4.78, 5) is 4.54. The summed E-state index contributed by atoms with van der Waals surface area (Å²) in [7, 11) is 0. The molecule has 0 amide bonds. The number of hydrogen-bond acceptors (Lipinski definition) is 3. The summed E-state index contributed by atoms with van der Waals surface area (Å²) >= 11 is 0. The summed E-state index contributed by atoms with van der Waals surface area (Å²) in [5.41, 5.74) is 10.0. The molecule has 0 spiro atoms. The van der Waals surface area contributed by atoms with Gasteiger partial charge in [0, 0.05) is 13.0 Å². The second-order valence-corrected chi connectivity index (χ2v) is 4.68. The first-order valence-corrected chi connectivity index (χ1v) is 6.35. The summed E-state index contributed by atoms with van der Waals surface area (Å²) < 4.78 is 1.82. The summed E-state index contributed by atoms with van der Waals surface area (Å²) in [5, 5.41) is 4.53. The Hall–Kier alpha value is -2.20. The van der Waals surface area contributed by atoms with Crippen LogP contribution in [-0.2, 0) is 13.0 Å². The fraction of sp³-hybridized carbons (Fsp3) is 0.200. The van der Waals surface area contributed by atoms with E-state index in [1.54, 1.807) is 0 Å². The molecule has 3 rings (SSSR count). The number of nitrogens with two attached hydrogens (primary N) is 1. The number of fused-ring (bicyclic) bond motifs is 1. The van der Waals surface area contributed by atoms with Gasteiger partial charge in [-0.25, -0.2) is 9.50 Å². The van der Waals surface area contributed by atoms with E-state index in [4.69, 9.17) is 5.73 Å². The van der Waals surface area contributed by atoms with E-state index >= 15 is 0 Å². The van der Waals surface area contributed by atoms with Gasteiger partial charge in [-0.1, -0.05) is 35.9 Å². The van der Waals surface area contributed by atoms with E-state index in [-0.39, 0.29) is 0 Å². The minimum atomic E-state index is 0.463. The number of aromatic nitrogens is 3. The topological polar surface area (TPSA) is 56.2 Å². The van der Waals surface area contributed by atoms with Crippen LogP contribution in [0.2, 0.25) is 0 Å². The Labute approximate surface area is 111 Å². The van der Waals surface area contributed by atoms with Gasteiger partial charge in [-0.2, -0.15) is 5.10 Å². The van der Waals surface area contributed by atoms with Gasteiger partial charge < -0.3 is 5.73 Å². The quantitative estimate of drug-likeness (QED) is 0.776. The smallest absolute Gasteiger partial charge is 0.156 e. The molecule has 0 saturated heterocycles. The Morgan fingerprint density at radius 1 is 1.11 bits per heavy atom. The molecule has 19 heavy (non-hydrogen) atoms. The number of nitrogens with zero attached hydrogens (tertiary/aromatic N) is 3. The van der Waals surface area contributed by atoms with Gasteiger partial charge >= 0.3 is 0 Å². The molecule has 0 saturated carbocycles. The van der Waals surface area contributed by atoms with Crippen molar-refractivity contribution in [1.82, 2.24) is 14.6 Å². The minimum absolute atomic E-state index is 0.463. The molecule has 2 N–H and O–H groups in total. The van der Waals surface area contributed by atoms with Crippen molar-refractivity contribution in [2.24, 2.45) is 5.73 Å². The van der Waals surface area contributed by atoms with Gasteiger partial charge in [-0.05, 0) is 24.6 Å². The lowest BCUT2D eigenvalue weighted by molar-refractivity contribution is 0.826. The third-order valence-corrected chi connectivity index (χ3v) is 3.17. The molecule has 0 unspecified atom stereocenters. The number of hydrogen-bond donors (Lipinski definition) is 1.